The van der Waals surface area contributed by atoms with Crippen LogP contribution in [0.1, 0.15) is 34.6 Å². The molecule has 0 unspecified atom stereocenters. The zero-order valence-corrected chi connectivity index (χ0v) is 10.5. The van der Waals surface area contributed by atoms with Gasteiger partial charge >= 0.3 is 0 Å². The Morgan fingerprint density at radius 2 is 1.33 bits per heavy atom. The summed E-state index contributed by atoms with van der Waals surface area (Å²) in [4.78, 5) is 10.0. The molecule has 0 amide bonds. The van der Waals surface area contributed by atoms with Gasteiger partial charge in [0.25, 0.3) is 0 Å². The molecule has 0 spiro atoms. The van der Waals surface area contributed by atoms with Crippen LogP contribution in [-0.2, 0) is 0 Å². The zero-order valence-electron chi connectivity index (χ0n) is 9.52. The van der Waals surface area contributed by atoms with E-state index in [2.05, 4.69) is 41.9 Å². The van der Waals surface area contributed by atoms with Crippen molar-refractivity contribution in [2.75, 3.05) is 0 Å². The van der Waals surface area contributed by atoms with Crippen molar-refractivity contribution in [2.45, 2.75) is 58.0 Å². The molecule has 71 valence electrons. The highest BCUT2D eigenvalue weighted by atomic mass is 28.4. The van der Waals surface area contributed by atoms with Crippen LogP contribution in [0.15, 0.2) is 0 Å². The molecule has 0 aromatic rings. The minimum absolute atomic E-state index is 0.00868. The summed E-state index contributed by atoms with van der Waals surface area (Å²) in [5, 5.41) is 0.191. The Kier molecular flexibility index (Phi) is 3.25. The first-order chi connectivity index (χ1) is 4.96. The maximum absolute atomic E-state index is 10.0. The van der Waals surface area contributed by atoms with Crippen LogP contribution in [0.3, 0.4) is 0 Å². The van der Waals surface area contributed by atoms with E-state index >= 15 is 0 Å². The summed E-state index contributed by atoms with van der Waals surface area (Å²) in [6, 6.07) is 0. The molecular weight excluding hydrogens is 163 g/mol. The second kappa shape index (κ2) is 3.18. The van der Waals surface area contributed by atoms with E-state index in [-0.39, 0.29) is 10.3 Å². The first-order valence-corrected chi connectivity index (χ1v) is 7.50. The minimum Gasteiger partial charge on any atom is -0.432 e. The molecule has 1 N–H and O–H groups in total. The molecule has 0 aliphatic heterocycles. The van der Waals surface area contributed by atoms with Crippen LogP contribution >= 0.6 is 0 Å². The van der Waals surface area contributed by atoms with Crippen LogP contribution in [0, 0.1) is 0 Å². The molecule has 0 aliphatic carbocycles. The average Bonchev–Trinajstić information content (AvgIpc) is 1.52. The topological polar surface area (TPSA) is 20.2 Å². The van der Waals surface area contributed by atoms with E-state index in [4.69, 9.17) is 0 Å². The summed E-state index contributed by atoms with van der Waals surface area (Å²) in [7, 11) is 0.220. The normalized spacial score (nSPS) is 14.7. The first kappa shape index (κ1) is 12.2. The second-order valence-electron chi connectivity index (χ2n) is 5.79. The fourth-order valence-electron chi connectivity index (χ4n) is 1.26. The summed E-state index contributed by atoms with van der Waals surface area (Å²) >= 11 is 0. The molecule has 0 bridgehead atoms. The molecule has 0 rings (SSSR count). The Bertz CT molecular complexity index is 153. The highest BCUT2D eigenvalue weighted by Crippen LogP contribution is 2.40. The third kappa shape index (κ3) is 3.77. The van der Waals surface area contributed by atoms with Gasteiger partial charge in [-0.25, -0.2) is 0 Å². The zero-order chi connectivity index (χ0) is 10.2. The van der Waals surface area contributed by atoms with Gasteiger partial charge in [-0.15, -0.1) is 0 Å². The fraction of sp³-hybridized carbons (Fsp3) is 1.00. The molecule has 1 radical (unpaired) electrons. The van der Waals surface area contributed by atoms with Crippen LogP contribution in [-0.4, -0.2) is 20.4 Å². The van der Waals surface area contributed by atoms with Gasteiger partial charge in [-0.1, -0.05) is 39.9 Å². The molecule has 0 aromatic heterocycles. The number of rotatable bonds is 2. The third-order valence-corrected chi connectivity index (χ3v) is 5.67. The van der Waals surface area contributed by atoms with Gasteiger partial charge in [0.05, 0.1) is 0 Å². The van der Waals surface area contributed by atoms with E-state index in [9.17, 15) is 4.80 Å². The second-order valence-corrected chi connectivity index (χ2v) is 10.2. The van der Waals surface area contributed by atoms with Crippen molar-refractivity contribution in [3.05, 3.63) is 0 Å². The van der Waals surface area contributed by atoms with Crippen molar-refractivity contribution in [1.29, 1.82) is 0 Å². The summed E-state index contributed by atoms with van der Waals surface area (Å²) in [5.74, 6) is 0. The van der Waals surface area contributed by atoms with Gasteiger partial charge in [0.15, 0.2) is 8.32 Å². The average molecular weight is 185 g/mol. The van der Waals surface area contributed by atoms with E-state index in [0.29, 0.717) is 0 Å². The maximum atomic E-state index is 10.0. The molecule has 0 saturated carbocycles. The molecule has 0 aliphatic rings. The van der Waals surface area contributed by atoms with Crippen LogP contribution in [0.4, 0.5) is 0 Å². The SMILES string of the molecule is CC(C)(C)[B]C(C)(C)[Si](C)(C)O. The van der Waals surface area contributed by atoms with Gasteiger partial charge in [0.1, 0.15) is 7.28 Å². The lowest BCUT2D eigenvalue weighted by Gasteiger charge is -2.39. The van der Waals surface area contributed by atoms with Crippen molar-refractivity contribution in [3.8, 4) is 0 Å². The lowest BCUT2D eigenvalue weighted by Crippen LogP contribution is -2.45. The molecule has 0 atom stereocenters. The molecule has 3 heteroatoms. The van der Waals surface area contributed by atoms with Crippen molar-refractivity contribution in [3.63, 3.8) is 0 Å². The lowest BCUT2D eigenvalue weighted by molar-refractivity contribution is 0.514. The van der Waals surface area contributed by atoms with Gasteiger partial charge in [-0.05, 0) is 18.0 Å². The largest absolute Gasteiger partial charge is 0.432 e. The standard InChI is InChI=1S/C9H22BOSi/c1-8(2,3)10-9(4,5)12(6,7)11/h11H,1-7H3. The van der Waals surface area contributed by atoms with E-state index < -0.39 is 8.32 Å². The molecule has 0 heterocycles. The Balaban J connectivity index is 4.44. The summed E-state index contributed by atoms with van der Waals surface area (Å²) in [5.41, 5.74) is 0. The van der Waals surface area contributed by atoms with Crippen molar-refractivity contribution < 1.29 is 4.80 Å². The smallest absolute Gasteiger partial charge is 0.180 e. The van der Waals surface area contributed by atoms with E-state index in [1.807, 2.05) is 13.1 Å². The van der Waals surface area contributed by atoms with E-state index in [0.717, 1.165) is 0 Å². The van der Waals surface area contributed by atoms with Crippen molar-refractivity contribution in [2.24, 2.45) is 0 Å². The molecule has 0 fully saturated rings. The maximum Gasteiger partial charge on any atom is 0.180 e. The summed E-state index contributed by atoms with van der Waals surface area (Å²) < 4.78 is 0. The van der Waals surface area contributed by atoms with Crippen LogP contribution in [0.25, 0.3) is 0 Å². The van der Waals surface area contributed by atoms with Gasteiger partial charge in [0.2, 0.25) is 0 Å². The Hall–Kier alpha value is 0.242. The van der Waals surface area contributed by atoms with E-state index in [1.165, 1.54) is 0 Å². The van der Waals surface area contributed by atoms with Gasteiger partial charge in [-0.2, -0.15) is 0 Å². The van der Waals surface area contributed by atoms with Crippen molar-refractivity contribution >= 4 is 15.6 Å². The Morgan fingerprint density at radius 3 is 1.42 bits per heavy atom. The minimum atomic E-state index is -2.05. The quantitative estimate of drug-likeness (QED) is 0.656. The highest BCUT2D eigenvalue weighted by molar-refractivity contribution is 6.83. The molecule has 1 nitrogen and oxygen atoms in total. The van der Waals surface area contributed by atoms with Gasteiger partial charge in [-0.3, -0.25) is 0 Å². The highest BCUT2D eigenvalue weighted by Gasteiger charge is 2.41. The van der Waals surface area contributed by atoms with Crippen LogP contribution in [0.5, 0.6) is 0 Å². The van der Waals surface area contributed by atoms with Gasteiger partial charge in [0, 0.05) is 0 Å². The first-order valence-electron chi connectivity index (χ1n) is 4.55. The molecule has 12 heavy (non-hydrogen) atoms. The predicted molar refractivity (Wildman–Crippen MR) is 59.2 cm³/mol. The molecular formula is C9H22BOSi. The number of hydrogen-bond donors (Lipinski definition) is 1. The number of hydrogen-bond acceptors (Lipinski definition) is 1. The predicted octanol–water partition coefficient (Wildman–Crippen LogP) is 2.84. The summed E-state index contributed by atoms with van der Waals surface area (Å²) in [6.45, 7) is 14.8. The van der Waals surface area contributed by atoms with Crippen molar-refractivity contribution in [1.82, 2.24) is 0 Å². The molecule has 0 aromatic carbocycles. The Morgan fingerprint density at radius 1 is 1.00 bits per heavy atom. The third-order valence-electron chi connectivity index (χ3n) is 2.37. The van der Waals surface area contributed by atoms with E-state index in [1.54, 1.807) is 0 Å². The van der Waals surface area contributed by atoms with Crippen LogP contribution < -0.4 is 0 Å². The fourth-order valence-corrected chi connectivity index (χ4v) is 2.05. The van der Waals surface area contributed by atoms with Gasteiger partial charge < -0.3 is 4.80 Å². The molecule has 0 saturated heterocycles. The lowest BCUT2D eigenvalue weighted by atomic mass is 9.48. The van der Waals surface area contributed by atoms with Crippen LogP contribution in [0.2, 0.25) is 23.3 Å². The Labute approximate surface area is 78.9 Å². The monoisotopic (exact) mass is 185 g/mol. The summed E-state index contributed by atoms with van der Waals surface area (Å²) in [6.07, 6.45) is 0.